The molecule has 0 saturated carbocycles. The van der Waals surface area contributed by atoms with Crippen molar-refractivity contribution < 1.29 is 48.0 Å². The first kappa shape index (κ1) is 35.4. The highest BCUT2D eigenvalue weighted by atomic mass is 79.9. The fourth-order valence-electron chi connectivity index (χ4n) is 4.18. The molecular weight excluding hydrogens is 504 g/mol. The smallest absolute Gasteiger partial charge is 0.0804 e. The highest BCUT2D eigenvalue weighted by Gasteiger charge is 2.15. The van der Waals surface area contributed by atoms with Crippen LogP contribution < -0.4 is 34.0 Å². The van der Waals surface area contributed by atoms with Gasteiger partial charge in [0.15, 0.2) is 0 Å². The second-order valence-corrected chi connectivity index (χ2v) is 10.4. The monoisotopic (exact) mass is 558 g/mol. The number of quaternary nitrogens is 2. The van der Waals surface area contributed by atoms with Gasteiger partial charge < -0.3 is 48.0 Å². The van der Waals surface area contributed by atoms with E-state index in [1.54, 1.807) is 0 Å². The normalized spacial score (nSPS) is 11.8. The fraction of sp³-hybridized carbons (Fsp3) is 1.00. The van der Waals surface area contributed by atoms with Gasteiger partial charge in [0.2, 0.25) is 0 Å². The molecule has 1 N–H and O–H groups in total. The van der Waals surface area contributed by atoms with Gasteiger partial charge in [-0.05, 0) is 38.5 Å². The predicted molar refractivity (Wildman–Crippen MR) is 126 cm³/mol. The summed E-state index contributed by atoms with van der Waals surface area (Å²) in [6.45, 7) is 7.65. The minimum absolute atomic E-state index is 0. The van der Waals surface area contributed by atoms with Gasteiger partial charge in [0.05, 0.1) is 54.4 Å². The Morgan fingerprint density at radius 2 is 0.700 bits per heavy atom. The maximum atomic E-state index is 8.99. The van der Waals surface area contributed by atoms with Crippen LogP contribution in [0.1, 0.15) is 103 Å². The Morgan fingerprint density at radius 1 is 0.433 bits per heavy atom. The van der Waals surface area contributed by atoms with E-state index in [4.69, 9.17) is 5.11 Å². The summed E-state index contributed by atoms with van der Waals surface area (Å²) in [5.74, 6) is 0. The lowest BCUT2D eigenvalue weighted by Gasteiger charge is -2.30. The molecule has 3 nitrogen and oxygen atoms in total. The second-order valence-electron chi connectivity index (χ2n) is 10.4. The SMILES string of the molecule is CCCCCCCCCCCC[N+](C)(C)CCCCCC[N+](C)(C)CCCO.[Br-].[Br-]. The Balaban J connectivity index is -0.00000364. The first-order chi connectivity index (χ1) is 13.3. The molecule has 0 bridgehead atoms. The van der Waals surface area contributed by atoms with E-state index in [1.165, 1.54) is 114 Å². The molecule has 5 heteroatoms. The van der Waals surface area contributed by atoms with Gasteiger partial charge in [-0.2, -0.15) is 0 Å². The number of hydrogen-bond acceptors (Lipinski definition) is 1. The highest BCUT2D eigenvalue weighted by Crippen LogP contribution is 2.13. The molecule has 0 atom stereocenters. The molecule has 0 aromatic rings. The van der Waals surface area contributed by atoms with E-state index in [0.29, 0.717) is 6.61 Å². The van der Waals surface area contributed by atoms with Gasteiger partial charge in [0.1, 0.15) is 0 Å². The van der Waals surface area contributed by atoms with Crippen molar-refractivity contribution in [3.63, 3.8) is 0 Å². The van der Waals surface area contributed by atoms with Crippen molar-refractivity contribution >= 4 is 0 Å². The summed E-state index contributed by atoms with van der Waals surface area (Å²) >= 11 is 0. The number of unbranched alkanes of at least 4 members (excludes halogenated alkanes) is 12. The summed E-state index contributed by atoms with van der Waals surface area (Å²) in [7, 11) is 9.43. The van der Waals surface area contributed by atoms with Gasteiger partial charge in [-0.25, -0.2) is 0 Å². The lowest BCUT2D eigenvalue weighted by molar-refractivity contribution is -0.891. The van der Waals surface area contributed by atoms with E-state index in [2.05, 4.69) is 35.1 Å². The first-order valence-electron chi connectivity index (χ1n) is 12.6. The van der Waals surface area contributed by atoms with Crippen LogP contribution >= 0.6 is 0 Å². The van der Waals surface area contributed by atoms with E-state index in [9.17, 15) is 0 Å². The summed E-state index contributed by atoms with van der Waals surface area (Å²) in [5.41, 5.74) is 0. The van der Waals surface area contributed by atoms with Gasteiger partial charge in [0, 0.05) is 13.0 Å². The molecule has 0 spiro atoms. The van der Waals surface area contributed by atoms with E-state index in [0.717, 1.165) is 17.4 Å². The van der Waals surface area contributed by atoms with Crippen LogP contribution in [0.2, 0.25) is 0 Å². The molecule has 0 aliphatic carbocycles. The lowest BCUT2D eigenvalue weighted by Crippen LogP contribution is -3.00. The van der Waals surface area contributed by atoms with Gasteiger partial charge in [-0.3, -0.25) is 0 Å². The minimum atomic E-state index is 0. The molecule has 0 fully saturated rings. The van der Waals surface area contributed by atoms with Crippen molar-refractivity contribution in [1.82, 2.24) is 0 Å². The van der Waals surface area contributed by atoms with Crippen molar-refractivity contribution in [2.45, 2.75) is 103 Å². The minimum Gasteiger partial charge on any atom is -1.00 e. The number of rotatable bonds is 21. The third-order valence-electron chi connectivity index (χ3n) is 6.32. The predicted octanol–water partition coefficient (Wildman–Crippen LogP) is 0.0109. The number of halogens is 2. The van der Waals surface area contributed by atoms with Crippen LogP contribution in [0.15, 0.2) is 0 Å². The Morgan fingerprint density at radius 3 is 1.00 bits per heavy atom. The van der Waals surface area contributed by atoms with Crippen LogP contribution in [0.5, 0.6) is 0 Å². The largest absolute Gasteiger partial charge is 1.00 e. The van der Waals surface area contributed by atoms with Crippen LogP contribution in [0.25, 0.3) is 0 Å². The molecule has 0 heterocycles. The van der Waals surface area contributed by atoms with Gasteiger partial charge in [0.25, 0.3) is 0 Å². The quantitative estimate of drug-likeness (QED) is 0.155. The van der Waals surface area contributed by atoms with Crippen molar-refractivity contribution in [3.05, 3.63) is 0 Å². The molecular formula is C25H56Br2N2O. The van der Waals surface area contributed by atoms with Crippen LogP contribution in [0, 0.1) is 0 Å². The van der Waals surface area contributed by atoms with Gasteiger partial charge in [-0.1, -0.05) is 58.3 Å². The zero-order chi connectivity index (χ0) is 21.1. The maximum Gasteiger partial charge on any atom is 0.0804 e. The number of hydrogen-bond donors (Lipinski definition) is 1. The molecule has 0 amide bonds. The topological polar surface area (TPSA) is 20.2 Å². The molecule has 0 aliphatic heterocycles. The number of aliphatic hydroxyl groups is 1. The van der Waals surface area contributed by atoms with Crippen molar-refractivity contribution in [2.75, 3.05) is 61.0 Å². The molecule has 0 aliphatic rings. The molecule has 0 saturated heterocycles. The molecule has 0 radical (unpaired) electrons. The van der Waals surface area contributed by atoms with Crippen molar-refractivity contribution in [2.24, 2.45) is 0 Å². The van der Waals surface area contributed by atoms with Crippen LogP contribution in [0.3, 0.4) is 0 Å². The second kappa shape index (κ2) is 23.0. The number of aliphatic hydroxyl groups excluding tert-OH is 1. The van der Waals surface area contributed by atoms with E-state index >= 15 is 0 Å². The Kier molecular flexibility index (Phi) is 27.2. The zero-order valence-electron chi connectivity index (χ0n) is 21.2. The third-order valence-corrected chi connectivity index (χ3v) is 6.32. The molecule has 0 aromatic carbocycles. The first-order valence-corrected chi connectivity index (χ1v) is 12.6. The summed E-state index contributed by atoms with van der Waals surface area (Å²) < 4.78 is 2.26. The average Bonchev–Trinajstić information content (AvgIpc) is 2.64. The highest BCUT2D eigenvalue weighted by molar-refractivity contribution is 4.49. The fourth-order valence-corrected chi connectivity index (χ4v) is 4.18. The van der Waals surface area contributed by atoms with Crippen molar-refractivity contribution in [3.8, 4) is 0 Å². The Labute approximate surface area is 211 Å². The summed E-state index contributed by atoms with van der Waals surface area (Å²) in [6.07, 6.45) is 20.7. The molecule has 30 heavy (non-hydrogen) atoms. The molecule has 0 unspecified atom stereocenters. The summed E-state index contributed by atoms with van der Waals surface area (Å²) in [6, 6.07) is 0. The van der Waals surface area contributed by atoms with E-state index in [-0.39, 0.29) is 34.0 Å². The lowest BCUT2D eigenvalue weighted by atomic mass is 10.1. The Bertz CT molecular complexity index is 339. The third kappa shape index (κ3) is 25.1. The molecule has 0 rings (SSSR count). The van der Waals surface area contributed by atoms with Crippen LogP contribution in [-0.2, 0) is 0 Å². The van der Waals surface area contributed by atoms with E-state index < -0.39 is 0 Å². The number of nitrogens with zero attached hydrogens (tertiary/aromatic N) is 2. The van der Waals surface area contributed by atoms with Crippen LogP contribution in [0.4, 0.5) is 0 Å². The van der Waals surface area contributed by atoms with Gasteiger partial charge in [-0.15, -0.1) is 0 Å². The van der Waals surface area contributed by atoms with Crippen molar-refractivity contribution in [1.29, 1.82) is 0 Å². The Hall–Kier alpha value is 0.840. The van der Waals surface area contributed by atoms with Crippen LogP contribution in [-0.4, -0.2) is 75.0 Å². The maximum absolute atomic E-state index is 8.99. The summed E-state index contributed by atoms with van der Waals surface area (Å²) in [4.78, 5) is 0. The molecule has 0 aromatic heterocycles. The molecule has 186 valence electrons. The zero-order valence-corrected chi connectivity index (χ0v) is 24.4. The standard InChI is InChI=1S/C25H56N2O.2BrH/c1-6-7-8-9-10-11-12-13-14-17-21-26(2,3)22-18-15-16-19-23-27(4,5)24-20-25-28;;/h28H,6-25H2,1-5H3;2*1H/q+2;;/p-2. The van der Waals surface area contributed by atoms with Gasteiger partial charge >= 0.3 is 0 Å². The van der Waals surface area contributed by atoms with E-state index in [1.807, 2.05) is 0 Å². The summed E-state index contributed by atoms with van der Waals surface area (Å²) in [5, 5.41) is 8.99. The average molecular weight is 561 g/mol.